The smallest absolute Gasteiger partial charge is 0.221 e. The van der Waals surface area contributed by atoms with Gasteiger partial charge in [-0.05, 0) is 31.2 Å². The van der Waals surface area contributed by atoms with Crippen molar-refractivity contribution in [2.24, 2.45) is 11.7 Å². The molecule has 1 fully saturated rings. The number of amides is 1. The minimum Gasteiger partial charge on any atom is -0.346 e. The van der Waals surface area contributed by atoms with Crippen LogP contribution in [0.3, 0.4) is 0 Å². The van der Waals surface area contributed by atoms with Gasteiger partial charge in [0.2, 0.25) is 5.91 Å². The Bertz CT molecular complexity index is 386. The van der Waals surface area contributed by atoms with E-state index < -0.39 is 5.54 Å². The molecule has 3 nitrogen and oxygen atoms in total. The molecule has 0 radical (unpaired) electrons. The second-order valence-corrected chi connectivity index (χ2v) is 5.10. The van der Waals surface area contributed by atoms with Crippen molar-refractivity contribution in [2.75, 3.05) is 6.54 Å². The number of nitrogens with one attached hydrogen (secondary N) is 1. The van der Waals surface area contributed by atoms with Crippen molar-refractivity contribution < 1.29 is 4.79 Å². The first-order chi connectivity index (χ1) is 8.14. The number of carbonyl (C=O) groups is 1. The van der Waals surface area contributed by atoms with Gasteiger partial charge < -0.3 is 11.1 Å². The summed E-state index contributed by atoms with van der Waals surface area (Å²) in [6, 6.07) is 9.91. The van der Waals surface area contributed by atoms with Gasteiger partial charge in [-0.3, -0.25) is 4.79 Å². The zero-order valence-corrected chi connectivity index (χ0v) is 10.3. The molecular weight excluding hydrogens is 212 g/mol. The summed E-state index contributed by atoms with van der Waals surface area (Å²) in [6.45, 7) is 2.39. The van der Waals surface area contributed by atoms with Gasteiger partial charge in [-0.2, -0.15) is 0 Å². The van der Waals surface area contributed by atoms with Crippen molar-refractivity contribution in [1.82, 2.24) is 5.32 Å². The molecule has 1 unspecified atom stereocenters. The highest BCUT2D eigenvalue weighted by Crippen LogP contribution is 2.32. The first-order valence-corrected chi connectivity index (χ1v) is 6.20. The quantitative estimate of drug-likeness (QED) is 0.813. The number of nitrogens with two attached hydrogens (primary N) is 1. The minimum absolute atomic E-state index is 0.115. The fourth-order valence-corrected chi connectivity index (χ4v) is 1.99. The SMILES string of the molecule is CC(CN)(NC(=O)CC1CC1)c1ccccc1. The van der Waals surface area contributed by atoms with E-state index in [0.717, 1.165) is 5.56 Å². The molecule has 0 bridgehead atoms. The van der Waals surface area contributed by atoms with E-state index in [1.165, 1.54) is 12.8 Å². The average molecular weight is 232 g/mol. The van der Waals surface area contributed by atoms with E-state index in [1.807, 2.05) is 37.3 Å². The van der Waals surface area contributed by atoms with Gasteiger partial charge in [0.05, 0.1) is 5.54 Å². The number of hydrogen-bond acceptors (Lipinski definition) is 2. The van der Waals surface area contributed by atoms with Crippen LogP contribution in [0, 0.1) is 5.92 Å². The molecule has 3 N–H and O–H groups in total. The number of carbonyl (C=O) groups excluding carboxylic acids is 1. The lowest BCUT2D eigenvalue weighted by Crippen LogP contribution is -2.48. The average Bonchev–Trinajstić information content (AvgIpc) is 3.13. The Morgan fingerprint density at radius 2 is 2.06 bits per heavy atom. The molecule has 1 saturated carbocycles. The van der Waals surface area contributed by atoms with Gasteiger partial charge in [-0.15, -0.1) is 0 Å². The molecule has 92 valence electrons. The Morgan fingerprint density at radius 1 is 1.41 bits per heavy atom. The fourth-order valence-electron chi connectivity index (χ4n) is 1.99. The topological polar surface area (TPSA) is 55.1 Å². The fraction of sp³-hybridized carbons (Fsp3) is 0.500. The van der Waals surface area contributed by atoms with E-state index in [4.69, 9.17) is 5.73 Å². The zero-order valence-electron chi connectivity index (χ0n) is 10.3. The van der Waals surface area contributed by atoms with E-state index in [1.54, 1.807) is 0 Å². The van der Waals surface area contributed by atoms with Gasteiger partial charge in [0.25, 0.3) is 0 Å². The minimum atomic E-state index is -0.451. The van der Waals surface area contributed by atoms with E-state index in [9.17, 15) is 4.79 Å². The van der Waals surface area contributed by atoms with Gasteiger partial charge in [-0.25, -0.2) is 0 Å². The van der Waals surface area contributed by atoms with Crippen molar-refractivity contribution >= 4 is 5.91 Å². The summed E-state index contributed by atoms with van der Waals surface area (Å²) in [6.07, 6.45) is 3.03. The van der Waals surface area contributed by atoms with Gasteiger partial charge in [0.15, 0.2) is 0 Å². The second-order valence-electron chi connectivity index (χ2n) is 5.10. The van der Waals surface area contributed by atoms with E-state index in [0.29, 0.717) is 18.9 Å². The standard InChI is InChI=1S/C14H20N2O/c1-14(10-15,12-5-3-2-4-6-12)16-13(17)9-11-7-8-11/h2-6,11H,7-10,15H2,1H3,(H,16,17). The lowest BCUT2D eigenvalue weighted by Gasteiger charge is -2.30. The van der Waals surface area contributed by atoms with Gasteiger partial charge in [0, 0.05) is 13.0 Å². The summed E-state index contributed by atoms with van der Waals surface area (Å²) in [5.74, 6) is 0.720. The first-order valence-electron chi connectivity index (χ1n) is 6.20. The van der Waals surface area contributed by atoms with Crippen LogP contribution in [0.15, 0.2) is 30.3 Å². The van der Waals surface area contributed by atoms with Crippen molar-refractivity contribution in [3.8, 4) is 0 Å². The third-order valence-corrected chi connectivity index (χ3v) is 3.41. The van der Waals surface area contributed by atoms with Crippen LogP contribution in [-0.4, -0.2) is 12.5 Å². The number of hydrogen-bond donors (Lipinski definition) is 2. The van der Waals surface area contributed by atoms with Crippen LogP contribution >= 0.6 is 0 Å². The van der Waals surface area contributed by atoms with Gasteiger partial charge in [-0.1, -0.05) is 30.3 Å². The highest BCUT2D eigenvalue weighted by atomic mass is 16.1. The maximum Gasteiger partial charge on any atom is 0.221 e. The molecule has 17 heavy (non-hydrogen) atoms. The van der Waals surface area contributed by atoms with Crippen LogP contribution in [-0.2, 0) is 10.3 Å². The van der Waals surface area contributed by atoms with Gasteiger partial charge >= 0.3 is 0 Å². The molecule has 1 amide bonds. The summed E-state index contributed by atoms with van der Waals surface area (Å²) >= 11 is 0. The molecule has 0 heterocycles. The normalized spacial score (nSPS) is 18.5. The summed E-state index contributed by atoms with van der Waals surface area (Å²) in [5.41, 5.74) is 6.43. The predicted molar refractivity (Wildman–Crippen MR) is 68.3 cm³/mol. The molecule has 1 aliphatic rings. The molecule has 1 aromatic rings. The van der Waals surface area contributed by atoms with Crippen LogP contribution in [0.25, 0.3) is 0 Å². The molecule has 0 saturated heterocycles. The predicted octanol–water partition coefficient (Wildman–Crippen LogP) is 1.78. The van der Waals surface area contributed by atoms with Crippen LogP contribution in [0.5, 0.6) is 0 Å². The summed E-state index contributed by atoms with van der Waals surface area (Å²) in [5, 5.41) is 3.07. The van der Waals surface area contributed by atoms with Crippen LogP contribution < -0.4 is 11.1 Å². The molecule has 3 heteroatoms. The maximum absolute atomic E-state index is 11.9. The molecule has 1 atom stereocenters. The lowest BCUT2D eigenvalue weighted by atomic mass is 9.92. The van der Waals surface area contributed by atoms with Crippen molar-refractivity contribution in [2.45, 2.75) is 31.7 Å². The summed E-state index contributed by atoms with van der Waals surface area (Å²) in [4.78, 5) is 11.9. The number of benzene rings is 1. The molecule has 0 aliphatic heterocycles. The van der Waals surface area contributed by atoms with E-state index in [-0.39, 0.29) is 5.91 Å². The summed E-state index contributed by atoms with van der Waals surface area (Å²) < 4.78 is 0. The molecular formula is C14H20N2O. The Balaban J connectivity index is 2.05. The van der Waals surface area contributed by atoms with Crippen LogP contribution in [0.1, 0.15) is 31.7 Å². The molecule has 2 rings (SSSR count). The zero-order chi connectivity index (χ0) is 12.3. The van der Waals surface area contributed by atoms with Crippen molar-refractivity contribution in [1.29, 1.82) is 0 Å². The van der Waals surface area contributed by atoms with Crippen LogP contribution in [0.4, 0.5) is 0 Å². The van der Waals surface area contributed by atoms with Crippen LogP contribution in [0.2, 0.25) is 0 Å². The molecule has 1 aromatic carbocycles. The Morgan fingerprint density at radius 3 is 2.59 bits per heavy atom. The maximum atomic E-state index is 11.9. The van der Waals surface area contributed by atoms with Crippen molar-refractivity contribution in [3.05, 3.63) is 35.9 Å². The Hall–Kier alpha value is -1.35. The number of rotatable bonds is 5. The lowest BCUT2D eigenvalue weighted by molar-refractivity contribution is -0.123. The largest absolute Gasteiger partial charge is 0.346 e. The second kappa shape index (κ2) is 4.88. The van der Waals surface area contributed by atoms with E-state index >= 15 is 0 Å². The third-order valence-electron chi connectivity index (χ3n) is 3.41. The highest BCUT2D eigenvalue weighted by molar-refractivity contribution is 5.77. The van der Waals surface area contributed by atoms with Crippen molar-refractivity contribution in [3.63, 3.8) is 0 Å². The van der Waals surface area contributed by atoms with Gasteiger partial charge in [0.1, 0.15) is 0 Å². The molecule has 1 aliphatic carbocycles. The van der Waals surface area contributed by atoms with E-state index in [2.05, 4.69) is 5.32 Å². The molecule has 0 spiro atoms. The molecule has 0 aromatic heterocycles. The Kier molecular flexibility index (Phi) is 3.48. The monoisotopic (exact) mass is 232 g/mol. The first kappa shape index (κ1) is 12.1. The Labute approximate surface area is 102 Å². The third kappa shape index (κ3) is 3.07. The summed E-state index contributed by atoms with van der Waals surface area (Å²) in [7, 11) is 0. The highest BCUT2D eigenvalue weighted by Gasteiger charge is 2.30.